The number of aliphatic imine (C=N–C) groups is 1. The van der Waals surface area contributed by atoms with Gasteiger partial charge >= 0.3 is 0 Å². The number of aromatic nitrogens is 1. The lowest BCUT2D eigenvalue weighted by Gasteiger charge is -2.04. The molecule has 0 fully saturated rings. The standard InChI is InChI=1S/C21H15BN2O/c1-13-6-5-11-23-20(13)21(24-14(2)22)15-9-10-19-17(12-15)16-7-3-4-8-18(16)25-19/h3-12H,1H2,2H3/b21-20+,24-14?. The summed E-state index contributed by atoms with van der Waals surface area (Å²) in [6.07, 6.45) is 1.73. The van der Waals surface area contributed by atoms with E-state index >= 15 is 0 Å². The SMILES string of the molecule is [B]C(C)=N/C(c1ccc2oc3ccccc3c2c1)=c1/ncccc1=C. The van der Waals surface area contributed by atoms with Crippen LogP contribution in [0.15, 0.2) is 70.2 Å². The topological polar surface area (TPSA) is 38.4 Å². The average Bonchev–Trinajstić information content (AvgIpc) is 2.98. The van der Waals surface area contributed by atoms with E-state index in [2.05, 4.69) is 28.7 Å². The number of benzene rings is 2. The lowest BCUT2D eigenvalue weighted by Crippen LogP contribution is -2.29. The third-order valence-electron chi connectivity index (χ3n) is 4.05. The maximum absolute atomic E-state index is 5.90. The quantitative estimate of drug-likeness (QED) is 0.420. The van der Waals surface area contributed by atoms with E-state index in [1.807, 2.05) is 42.5 Å². The number of para-hydroxylation sites is 1. The van der Waals surface area contributed by atoms with E-state index in [1.54, 1.807) is 13.1 Å². The summed E-state index contributed by atoms with van der Waals surface area (Å²) in [5, 5.41) is 3.64. The molecule has 118 valence electrons. The van der Waals surface area contributed by atoms with Crippen LogP contribution in [-0.4, -0.2) is 18.4 Å². The van der Waals surface area contributed by atoms with Gasteiger partial charge in [0.05, 0.1) is 11.0 Å². The highest BCUT2D eigenvalue weighted by Gasteiger charge is 2.10. The molecule has 2 aromatic carbocycles. The first kappa shape index (κ1) is 15.4. The first-order valence-corrected chi connectivity index (χ1v) is 8.00. The number of hydrogen-bond acceptors (Lipinski definition) is 3. The van der Waals surface area contributed by atoms with Crippen molar-refractivity contribution in [2.24, 2.45) is 4.99 Å². The van der Waals surface area contributed by atoms with Gasteiger partial charge in [-0.1, -0.05) is 30.8 Å². The Morgan fingerprint density at radius 1 is 1.04 bits per heavy atom. The van der Waals surface area contributed by atoms with Crippen LogP contribution in [0.2, 0.25) is 0 Å². The minimum absolute atomic E-state index is 0.470. The molecule has 0 amide bonds. The molecule has 2 heterocycles. The minimum Gasteiger partial charge on any atom is -0.456 e. The van der Waals surface area contributed by atoms with Gasteiger partial charge in [-0.05, 0) is 48.1 Å². The fourth-order valence-corrected chi connectivity index (χ4v) is 2.96. The van der Waals surface area contributed by atoms with Crippen molar-refractivity contribution in [1.29, 1.82) is 0 Å². The zero-order valence-corrected chi connectivity index (χ0v) is 13.9. The van der Waals surface area contributed by atoms with E-state index in [1.165, 1.54) is 0 Å². The maximum Gasteiger partial charge on any atom is 0.135 e. The summed E-state index contributed by atoms with van der Waals surface area (Å²) >= 11 is 0. The first-order valence-electron chi connectivity index (χ1n) is 8.00. The summed E-state index contributed by atoms with van der Waals surface area (Å²) in [4.78, 5) is 8.98. The van der Waals surface area contributed by atoms with Gasteiger partial charge in [0.25, 0.3) is 0 Å². The summed E-state index contributed by atoms with van der Waals surface area (Å²) < 4.78 is 5.90. The van der Waals surface area contributed by atoms with Gasteiger partial charge in [0.15, 0.2) is 0 Å². The van der Waals surface area contributed by atoms with Crippen molar-refractivity contribution in [3.63, 3.8) is 0 Å². The minimum atomic E-state index is 0.470. The van der Waals surface area contributed by atoms with Crippen molar-refractivity contribution in [2.45, 2.75) is 6.92 Å². The molecule has 0 aliphatic heterocycles. The van der Waals surface area contributed by atoms with Crippen molar-refractivity contribution >= 4 is 47.7 Å². The van der Waals surface area contributed by atoms with E-state index in [-0.39, 0.29) is 0 Å². The number of nitrogens with zero attached hydrogens (tertiary/aromatic N) is 2. The van der Waals surface area contributed by atoms with Gasteiger partial charge in [0.1, 0.15) is 19.0 Å². The van der Waals surface area contributed by atoms with E-state index in [0.717, 1.165) is 38.1 Å². The van der Waals surface area contributed by atoms with Crippen LogP contribution in [0.4, 0.5) is 0 Å². The van der Waals surface area contributed by atoms with Crippen LogP contribution < -0.4 is 10.6 Å². The van der Waals surface area contributed by atoms with Gasteiger partial charge < -0.3 is 4.42 Å². The lowest BCUT2D eigenvalue weighted by atomic mass is 10.0. The van der Waals surface area contributed by atoms with Crippen molar-refractivity contribution in [1.82, 2.24) is 4.98 Å². The second-order valence-corrected chi connectivity index (χ2v) is 5.92. The molecule has 4 aromatic rings. The monoisotopic (exact) mass is 322 g/mol. The Labute approximate surface area is 146 Å². The third-order valence-corrected chi connectivity index (χ3v) is 4.05. The summed E-state index contributed by atoms with van der Waals surface area (Å²) in [6, 6.07) is 17.8. The fourth-order valence-electron chi connectivity index (χ4n) is 2.96. The van der Waals surface area contributed by atoms with Gasteiger partial charge in [-0.2, -0.15) is 0 Å². The smallest absolute Gasteiger partial charge is 0.135 e. The summed E-state index contributed by atoms with van der Waals surface area (Å²) in [6.45, 7) is 5.83. The van der Waals surface area contributed by atoms with Crippen molar-refractivity contribution in [3.8, 4) is 0 Å². The van der Waals surface area contributed by atoms with Crippen LogP contribution in [0.3, 0.4) is 0 Å². The molecular formula is C21H15BN2O. The number of furan rings is 1. The molecule has 0 aliphatic rings. The Hall–Kier alpha value is -3.14. The molecule has 0 bridgehead atoms. The second kappa shape index (κ2) is 6.06. The van der Waals surface area contributed by atoms with Gasteiger partial charge in [0, 0.05) is 22.5 Å². The first-order chi connectivity index (χ1) is 12.1. The van der Waals surface area contributed by atoms with Crippen molar-refractivity contribution in [3.05, 3.63) is 76.9 Å². The van der Waals surface area contributed by atoms with Crippen LogP contribution in [0, 0.1) is 0 Å². The molecule has 2 radical (unpaired) electrons. The molecule has 2 aromatic heterocycles. The van der Waals surface area contributed by atoms with Crippen LogP contribution in [0.1, 0.15) is 12.5 Å². The zero-order valence-electron chi connectivity index (χ0n) is 13.9. The molecule has 3 nitrogen and oxygen atoms in total. The van der Waals surface area contributed by atoms with Crippen LogP contribution in [0.25, 0.3) is 34.2 Å². The van der Waals surface area contributed by atoms with Crippen molar-refractivity contribution < 1.29 is 4.42 Å². The Kier molecular flexibility index (Phi) is 3.73. The normalized spacial score (nSPS) is 13.4. The van der Waals surface area contributed by atoms with E-state index in [0.29, 0.717) is 11.3 Å². The fraction of sp³-hybridized carbons (Fsp3) is 0.0476. The Morgan fingerprint density at radius 3 is 2.64 bits per heavy atom. The van der Waals surface area contributed by atoms with Crippen LogP contribution >= 0.6 is 0 Å². The third kappa shape index (κ3) is 2.76. The number of rotatable bonds is 2. The number of pyridine rings is 1. The largest absolute Gasteiger partial charge is 0.456 e. The van der Waals surface area contributed by atoms with Crippen LogP contribution in [0.5, 0.6) is 0 Å². The number of hydrogen-bond donors (Lipinski definition) is 0. The molecule has 0 N–H and O–H groups in total. The Balaban J connectivity index is 2.08. The molecule has 4 rings (SSSR count). The predicted molar refractivity (Wildman–Crippen MR) is 104 cm³/mol. The molecule has 0 spiro atoms. The van der Waals surface area contributed by atoms with E-state index < -0.39 is 0 Å². The highest BCUT2D eigenvalue weighted by molar-refractivity contribution is 6.59. The highest BCUT2D eigenvalue weighted by atomic mass is 16.3. The molecule has 0 unspecified atom stereocenters. The molecule has 25 heavy (non-hydrogen) atoms. The Morgan fingerprint density at radius 2 is 1.84 bits per heavy atom. The molecule has 0 aliphatic carbocycles. The van der Waals surface area contributed by atoms with Gasteiger partial charge in [0.2, 0.25) is 0 Å². The summed E-state index contributed by atoms with van der Waals surface area (Å²) in [7, 11) is 5.86. The van der Waals surface area contributed by atoms with E-state index in [4.69, 9.17) is 12.3 Å². The lowest BCUT2D eigenvalue weighted by molar-refractivity contribution is 0.669. The maximum atomic E-state index is 5.90. The molecule has 0 atom stereocenters. The molecule has 0 saturated heterocycles. The summed E-state index contributed by atoms with van der Waals surface area (Å²) in [5.41, 5.74) is 3.81. The molecular weight excluding hydrogens is 307 g/mol. The van der Waals surface area contributed by atoms with Gasteiger partial charge in [-0.25, -0.2) is 0 Å². The second-order valence-electron chi connectivity index (χ2n) is 5.92. The Bertz CT molecular complexity index is 1230. The molecule has 4 heteroatoms. The highest BCUT2D eigenvalue weighted by Crippen LogP contribution is 2.30. The van der Waals surface area contributed by atoms with E-state index in [9.17, 15) is 0 Å². The average molecular weight is 322 g/mol. The zero-order chi connectivity index (χ0) is 17.4. The molecule has 0 saturated carbocycles. The predicted octanol–water partition coefficient (Wildman–Crippen LogP) is 3.13. The number of fused-ring (bicyclic) bond motifs is 3. The van der Waals surface area contributed by atoms with Gasteiger partial charge in [-0.3, -0.25) is 9.98 Å². The van der Waals surface area contributed by atoms with Crippen LogP contribution in [-0.2, 0) is 0 Å². The van der Waals surface area contributed by atoms with Gasteiger partial charge in [-0.15, -0.1) is 0 Å². The summed E-state index contributed by atoms with van der Waals surface area (Å²) in [5.74, 6) is 0. The van der Waals surface area contributed by atoms with Crippen molar-refractivity contribution in [2.75, 3.05) is 0 Å².